The minimum atomic E-state index is 0.842. The van der Waals surface area contributed by atoms with E-state index < -0.39 is 0 Å². The number of hydrogen-bond donors (Lipinski definition) is 0. The Bertz CT molecular complexity index is 19.5. The first-order chi connectivity index (χ1) is 2.91. The van der Waals surface area contributed by atoms with E-state index in [0.29, 0.717) is 0 Å². The summed E-state index contributed by atoms with van der Waals surface area (Å²) in [4.78, 5) is 0. The first-order valence-electron chi connectivity index (χ1n) is 2.19. The van der Waals surface area contributed by atoms with E-state index in [2.05, 4.69) is 16.3 Å². The van der Waals surface area contributed by atoms with Crippen LogP contribution in [0.4, 0.5) is 0 Å². The third-order valence-electron chi connectivity index (χ3n) is 0.466. The van der Waals surface area contributed by atoms with E-state index in [9.17, 15) is 0 Å². The Labute approximate surface area is 47.1 Å². The molecule has 0 saturated heterocycles. The fourth-order valence-corrected chi connectivity index (χ4v) is 0.394. The zero-order valence-corrected chi connectivity index (χ0v) is 5.26. The van der Waals surface area contributed by atoms with Crippen molar-refractivity contribution in [1.82, 2.24) is 0 Å². The molecule has 6 heavy (non-hydrogen) atoms. The topological polar surface area (TPSA) is 9.23 Å². The van der Waals surface area contributed by atoms with Crippen LogP contribution in [-0.4, -0.2) is 29.5 Å². The number of ether oxygens (including phenoxy) is 1. The third kappa shape index (κ3) is 4.49. The molecule has 1 nitrogen and oxygen atoms in total. The van der Waals surface area contributed by atoms with Gasteiger partial charge in [0.15, 0.2) is 0 Å². The van der Waals surface area contributed by atoms with E-state index >= 15 is 0 Å². The molecule has 0 saturated carbocycles. The van der Waals surface area contributed by atoms with Gasteiger partial charge in [-0.3, -0.25) is 0 Å². The van der Waals surface area contributed by atoms with Crippen LogP contribution in [0.3, 0.4) is 0 Å². The van der Waals surface area contributed by atoms with Crippen molar-refractivity contribution in [1.29, 1.82) is 0 Å². The van der Waals surface area contributed by atoms with E-state index in [1.807, 2.05) is 6.92 Å². The Morgan fingerprint density at radius 2 is 2.33 bits per heavy atom. The normalized spacial score (nSPS) is 9.17. The Morgan fingerprint density at radius 1 is 1.67 bits per heavy atom. The molecule has 0 spiro atoms. The molecular formula is C4H9AlO+2. The average molecular weight is 100 g/mol. The number of rotatable bonds is 3. The molecule has 0 rings (SSSR count). The predicted octanol–water partition coefficient (Wildman–Crippen LogP) is 0.610. The molecule has 0 unspecified atom stereocenters. The summed E-state index contributed by atoms with van der Waals surface area (Å²) < 4.78 is 4.96. The molecule has 0 aliphatic carbocycles. The Kier molecular flexibility index (Phi) is 5.94. The van der Waals surface area contributed by atoms with Gasteiger partial charge in [0.05, 0.1) is 0 Å². The third-order valence-corrected chi connectivity index (χ3v) is 0.702. The van der Waals surface area contributed by atoms with Crippen molar-refractivity contribution in [2.75, 3.05) is 13.2 Å². The average Bonchev–Trinajstić information content (AvgIpc) is 1.61. The quantitative estimate of drug-likeness (QED) is 0.373. The van der Waals surface area contributed by atoms with Crippen LogP contribution in [0, 0.1) is 0 Å². The summed E-state index contributed by atoms with van der Waals surface area (Å²) in [5, 5.41) is 1.05. The predicted molar refractivity (Wildman–Crippen MR) is 27.1 cm³/mol. The maximum atomic E-state index is 4.96. The Morgan fingerprint density at radius 3 is 2.50 bits per heavy atom. The maximum absolute atomic E-state index is 4.96. The van der Waals surface area contributed by atoms with Crippen LogP contribution < -0.4 is 0 Å². The van der Waals surface area contributed by atoms with E-state index in [4.69, 9.17) is 4.74 Å². The van der Waals surface area contributed by atoms with Crippen molar-refractivity contribution in [3.63, 3.8) is 0 Å². The van der Waals surface area contributed by atoms with E-state index in [-0.39, 0.29) is 0 Å². The summed E-state index contributed by atoms with van der Waals surface area (Å²) in [5.74, 6) is 0. The van der Waals surface area contributed by atoms with Gasteiger partial charge >= 0.3 is 46.4 Å². The van der Waals surface area contributed by atoms with Gasteiger partial charge in [-0.05, 0) is 0 Å². The molecule has 0 aliphatic rings. The van der Waals surface area contributed by atoms with Gasteiger partial charge in [-0.15, -0.1) is 0 Å². The van der Waals surface area contributed by atoms with Crippen LogP contribution in [0.15, 0.2) is 0 Å². The van der Waals surface area contributed by atoms with Crippen LogP contribution in [-0.2, 0) is 4.74 Å². The van der Waals surface area contributed by atoms with Gasteiger partial charge in [0.25, 0.3) is 0 Å². The molecule has 0 aliphatic heterocycles. The van der Waals surface area contributed by atoms with E-state index in [0.717, 1.165) is 18.5 Å². The molecule has 0 atom stereocenters. The molecule has 32 valence electrons. The molecule has 0 radical (unpaired) electrons. The van der Waals surface area contributed by atoms with Crippen molar-refractivity contribution in [2.45, 2.75) is 12.2 Å². The molecule has 0 heterocycles. The first kappa shape index (κ1) is 6.49. The van der Waals surface area contributed by atoms with Crippen LogP contribution in [0.1, 0.15) is 6.92 Å². The van der Waals surface area contributed by atoms with E-state index in [1.165, 1.54) is 0 Å². The summed E-state index contributed by atoms with van der Waals surface area (Å²) in [7, 11) is 0. The van der Waals surface area contributed by atoms with Crippen molar-refractivity contribution >= 4 is 16.3 Å². The summed E-state index contributed by atoms with van der Waals surface area (Å²) in [6, 6.07) is 0. The first-order valence-corrected chi connectivity index (χ1v) is 3.01. The second-order valence-corrected chi connectivity index (χ2v) is 1.56. The molecule has 2 heteroatoms. The molecule has 0 amide bonds. The molecule has 0 aromatic rings. The van der Waals surface area contributed by atoms with Crippen molar-refractivity contribution < 1.29 is 4.74 Å². The molecule has 0 aromatic heterocycles. The van der Waals surface area contributed by atoms with Gasteiger partial charge < -0.3 is 0 Å². The molecule has 0 N–H and O–H groups in total. The molecular weight excluding hydrogens is 91.0 g/mol. The summed E-state index contributed by atoms with van der Waals surface area (Å²) in [6.07, 6.45) is 0. The second-order valence-electron chi connectivity index (χ2n) is 0.986. The van der Waals surface area contributed by atoms with Gasteiger partial charge in [0.2, 0.25) is 0 Å². The van der Waals surface area contributed by atoms with Crippen LogP contribution >= 0.6 is 0 Å². The van der Waals surface area contributed by atoms with Gasteiger partial charge in [-0.1, -0.05) is 0 Å². The fourth-order valence-electron chi connectivity index (χ4n) is 0.228. The Balaban J connectivity index is 2.34. The summed E-state index contributed by atoms with van der Waals surface area (Å²) >= 11 is 2.60. The zero-order chi connectivity index (χ0) is 4.83. The van der Waals surface area contributed by atoms with Crippen molar-refractivity contribution in [2.24, 2.45) is 0 Å². The van der Waals surface area contributed by atoms with Crippen molar-refractivity contribution in [3.8, 4) is 0 Å². The standard InChI is InChI=1S/C4H9O.Al/c1-3-5-4-2;/h1,3-4H2,2H3;/q;+2. The van der Waals surface area contributed by atoms with Crippen molar-refractivity contribution in [3.05, 3.63) is 0 Å². The molecule has 0 aromatic carbocycles. The van der Waals surface area contributed by atoms with Gasteiger partial charge in [0, 0.05) is 0 Å². The monoisotopic (exact) mass is 100 g/mol. The van der Waals surface area contributed by atoms with E-state index in [1.54, 1.807) is 0 Å². The molecule has 0 bridgehead atoms. The van der Waals surface area contributed by atoms with Gasteiger partial charge in [-0.25, -0.2) is 0 Å². The van der Waals surface area contributed by atoms with Gasteiger partial charge in [0.1, 0.15) is 0 Å². The zero-order valence-electron chi connectivity index (χ0n) is 4.11. The number of hydrogen-bond acceptors (Lipinski definition) is 1. The fraction of sp³-hybridized carbons (Fsp3) is 1.00. The second kappa shape index (κ2) is 5.49. The van der Waals surface area contributed by atoms with Gasteiger partial charge in [-0.2, -0.15) is 0 Å². The summed E-state index contributed by atoms with van der Waals surface area (Å²) in [6.45, 7) is 3.72. The Hall–Kier alpha value is 0.492. The summed E-state index contributed by atoms with van der Waals surface area (Å²) in [5.41, 5.74) is 0. The van der Waals surface area contributed by atoms with Crippen LogP contribution in [0.25, 0.3) is 0 Å². The van der Waals surface area contributed by atoms with Crippen LogP contribution in [0.2, 0.25) is 5.28 Å². The van der Waals surface area contributed by atoms with Crippen LogP contribution in [0.5, 0.6) is 0 Å². The molecule has 0 fully saturated rings. The minimum absolute atomic E-state index is 0.842. The SMILES string of the molecule is CCOC[CH2][Al+2].